The first-order chi connectivity index (χ1) is 4.70. The lowest BCUT2D eigenvalue weighted by atomic mass is 10.4. The largest absolute Gasteiger partial charge is 0.772 e. The van der Waals surface area contributed by atoms with E-state index in [1.807, 2.05) is 0 Å². The molecule has 4 heteroatoms. The summed E-state index contributed by atoms with van der Waals surface area (Å²) in [5, 5.41) is 13.5. The molecule has 1 fully saturated rings. The average molecular weight is 144 g/mol. The van der Waals surface area contributed by atoms with Crippen molar-refractivity contribution < 1.29 is 0 Å². The molecule has 0 saturated carbocycles. The topological polar surface area (TPSA) is 32.8 Å². The number of hydroxylamine groups is 1. The Labute approximate surface area is 61.6 Å². The van der Waals surface area contributed by atoms with Gasteiger partial charge in [0.1, 0.15) is 0 Å². The van der Waals surface area contributed by atoms with Gasteiger partial charge in [-0.2, -0.15) is 0 Å². The molecular weight excluding hydrogens is 130 g/mol. The van der Waals surface area contributed by atoms with Gasteiger partial charge in [-0.05, 0) is 14.1 Å². The fourth-order valence-corrected chi connectivity index (χ4v) is 1.08. The monoisotopic (exact) mass is 144 g/mol. The number of rotatable bonds is 1. The van der Waals surface area contributed by atoms with Crippen molar-refractivity contribution in [1.82, 2.24) is 15.1 Å². The fourth-order valence-electron chi connectivity index (χ4n) is 1.08. The number of hydrazine groups is 1. The predicted octanol–water partition coefficient (Wildman–Crippen LogP) is -0.422. The van der Waals surface area contributed by atoms with Crippen molar-refractivity contribution in [3.05, 3.63) is 5.21 Å². The first kappa shape index (κ1) is 7.94. The van der Waals surface area contributed by atoms with Crippen molar-refractivity contribution >= 4 is 0 Å². The molecule has 0 aromatic heterocycles. The van der Waals surface area contributed by atoms with E-state index in [4.69, 9.17) is 0 Å². The van der Waals surface area contributed by atoms with Crippen molar-refractivity contribution in [1.29, 1.82) is 0 Å². The lowest BCUT2D eigenvalue weighted by molar-refractivity contribution is 0.00431. The molecule has 4 nitrogen and oxygen atoms in total. The van der Waals surface area contributed by atoms with Crippen LogP contribution in [0.25, 0.3) is 0 Å². The molecule has 1 aliphatic rings. The SMILES string of the molecule is CN1CCN(N(C)[O-])CC1. The highest BCUT2D eigenvalue weighted by atomic mass is 16.5. The minimum Gasteiger partial charge on any atom is -0.772 e. The maximum Gasteiger partial charge on any atom is 0.0251 e. The maximum absolute atomic E-state index is 10.7. The van der Waals surface area contributed by atoms with Crippen LogP contribution in [-0.2, 0) is 0 Å². The molecule has 0 amide bonds. The number of nitrogens with zero attached hydrogens (tertiary/aromatic N) is 3. The smallest absolute Gasteiger partial charge is 0.0251 e. The highest BCUT2D eigenvalue weighted by molar-refractivity contribution is 4.66. The number of likely N-dealkylation sites (N-methyl/N-ethyl adjacent to an activating group) is 1. The Morgan fingerprint density at radius 3 is 2.10 bits per heavy atom. The molecule has 0 N–H and O–H groups in total. The van der Waals surface area contributed by atoms with Gasteiger partial charge in [0.15, 0.2) is 0 Å². The zero-order valence-corrected chi connectivity index (χ0v) is 6.58. The van der Waals surface area contributed by atoms with Gasteiger partial charge in [-0.15, -0.1) is 0 Å². The van der Waals surface area contributed by atoms with E-state index in [-0.39, 0.29) is 0 Å². The van der Waals surface area contributed by atoms with Gasteiger partial charge in [0.25, 0.3) is 0 Å². The summed E-state index contributed by atoms with van der Waals surface area (Å²) in [6, 6.07) is 0. The van der Waals surface area contributed by atoms with E-state index in [0.29, 0.717) is 0 Å². The summed E-state index contributed by atoms with van der Waals surface area (Å²) in [6.45, 7) is 3.70. The van der Waals surface area contributed by atoms with Crippen LogP contribution >= 0.6 is 0 Å². The Morgan fingerprint density at radius 2 is 1.70 bits per heavy atom. The molecule has 0 atom stereocenters. The quantitative estimate of drug-likeness (QED) is 0.468. The van der Waals surface area contributed by atoms with Crippen LogP contribution in [-0.4, -0.2) is 55.4 Å². The standard InChI is InChI=1S/C6H14N3O/c1-7-3-5-9(6-4-7)8(2)10/h3-6H2,1-2H3/q-1. The molecule has 60 valence electrons. The Hall–Kier alpha value is -0.160. The summed E-state index contributed by atoms with van der Waals surface area (Å²) in [7, 11) is 3.62. The zero-order chi connectivity index (χ0) is 7.56. The van der Waals surface area contributed by atoms with E-state index in [0.717, 1.165) is 31.4 Å². The second kappa shape index (κ2) is 3.30. The van der Waals surface area contributed by atoms with Crippen LogP contribution in [0, 0.1) is 5.21 Å². The van der Waals surface area contributed by atoms with E-state index in [2.05, 4.69) is 11.9 Å². The predicted molar refractivity (Wildman–Crippen MR) is 40.2 cm³/mol. The number of piperazine rings is 1. The highest BCUT2D eigenvalue weighted by Crippen LogP contribution is 1.99. The second-order valence-electron chi connectivity index (χ2n) is 2.72. The summed E-state index contributed by atoms with van der Waals surface area (Å²) in [5.74, 6) is 0. The Morgan fingerprint density at radius 1 is 1.20 bits per heavy atom. The van der Waals surface area contributed by atoms with Gasteiger partial charge in [0.2, 0.25) is 0 Å². The third kappa shape index (κ3) is 1.91. The molecule has 0 radical (unpaired) electrons. The van der Waals surface area contributed by atoms with Crippen LogP contribution in [0.15, 0.2) is 0 Å². The van der Waals surface area contributed by atoms with Crippen LogP contribution in [0.3, 0.4) is 0 Å². The van der Waals surface area contributed by atoms with Crippen molar-refractivity contribution in [2.75, 3.05) is 40.3 Å². The molecule has 1 heterocycles. The molecule has 0 unspecified atom stereocenters. The normalized spacial score (nSPS) is 24.0. The molecular formula is C6H14N3O-. The first-order valence-electron chi connectivity index (χ1n) is 3.54. The van der Waals surface area contributed by atoms with Crippen LogP contribution in [0.1, 0.15) is 0 Å². The number of hydrogen-bond donors (Lipinski definition) is 0. The summed E-state index contributed by atoms with van der Waals surface area (Å²) in [4.78, 5) is 2.22. The molecule has 0 aromatic rings. The molecule has 0 bridgehead atoms. The van der Waals surface area contributed by atoms with Gasteiger partial charge in [-0.3, -0.25) is 5.01 Å². The van der Waals surface area contributed by atoms with E-state index < -0.39 is 0 Å². The molecule has 1 aliphatic heterocycles. The molecule has 1 rings (SSSR count). The molecule has 0 aliphatic carbocycles. The minimum atomic E-state index is 0.858. The van der Waals surface area contributed by atoms with Crippen LogP contribution in [0.2, 0.25) is 0 Å². The molecule has 10 heavy (non-hydrogen) atoms. The van der Waals surface area contributed by atoms with Crippen molar-refractivity contribution in [3.63, 3.8) is 0 Å². The van der Waals surface area contributed by atoms with Crippen LogP contribution in [0.5, 0.6) is 0 Å². The van der Waals surface area contributed by atoms with Crippen LogP contribution in [0.4, 0.5) is 0 Å². The Balaban J connectivity index is 2.26. The van der Waals surface area contributed by atoms with Gasteiger partial charge in [0, 0.05) is 26.2 Å². The zero-order valence-electron chi connectivity index (χ0n) is 6.58. The molecule has 1 saturated heterocycles. The van der Waals surface area contributed by atoms with Crippen LogP contribution < -0.4 is 0 Å². The van der Waals surface area contributed by atoms with Gasteiger partial charge in [-0.1, -0.05) is 0 Å². The Kier molecular flexibility index (Phi) is 2.62. The summed E-state index contributed by atoms with van der Waals surface area (Å²) in [5.41, 5.74) is 0. The van der Waals surface area contributed by atoms with E-state index in [1.165, 1.54) is 0 Å². The minimum absolute atomic E-state index is 0.858. The third-order valence-electron chi connectivity index (χ3n) is 1.88. The average Bonchev–Trinajstić information content (AvgIpc) is 1.88. The van der Waals surface area contributed by atoms with Gasteiger partial charge < -0.3 is 15.3 Å². The van der Waals surface area contributed by atoms with Crippen molar-refractivity contribution in [2.24, 2.45) is 0 Å². The van der Waals surface area contributed by atoms with E-state index >= 15 is 0 Å². The first-order valence-corrected chi connectivity index (χ1v) is 3.54. The van der Waals surface area contributed by atoms with Gasteiger partial charge in [0.05, 0.1) is 0 Å². The summed E-state index contributed by atoms with van der Waals surface area (Å²) in [6.07, 6.45) is 0. The highest BCUT2D eigenvalue weighted by Gasteiger charge is 2.12. The summed E-state index contributed by atoms with van der Waals surface area (Å²) >= 11 is 0. The fraction of sp³-hybridized carbons (Fsp3) is 1.00. The van der Waals surface area contributed by atoms with E-state index in [9.17, 15) is 5.21 Å². The third-order valence-corrected chi connectivity index (χ3v) is 1.88. The van der Waals surface area contributed by atoms with E-state index in [1.54, 1.807) is 12.1 Å². The van der Waals surface area contributed by atoms with Gasteiger partial charge >= 0.3 is 0 Å². The Bertz CT molecular complexity index is 99.2. The lowest BCUT2D eigenvalue weighted by Crippen LogP contribution is -2.49. The van der Waals surface area contributed by atoms with Crippen molar-refractivity contribution in [2.45, 2.75) is 0 Å². The lowest BCUT2D eigenvalue weighted by Gasteiger charge is -2.41. The van der Waals surface area contributed by atoms with Crippen molar-refractivity contribution in [3.8, 4) is 0 Å². The second-order valence-corrected chi connectivity index (χ2v) is 2.72. The number of hydrogen-bond acceptors (Lipinski definition) is 4. The maximum atomic E-state index is 10.7. The summed E-state index contributed by atoms with van der Waals surface area (Å²) < 4.78 is 0. The molecule has 0 spiro atoms. The van der Waals surface area contributed by atoms with Gasteiger partial charge in [-0.25, -0.2) is 0 Å². The molecule has 0 aromatic carbocycles.